The lowest BCUT2D eigenvalue weighted by molar-refractivity contribution is -0.116. The topological polar surface area (TPSA) is 59.0 Å². The second kappa shape index (κ2) is 7.62. The van der Waals surface area contributed by atoms with Crippen LogP contribution >= 0.6 is 0 Å². The van der Waals surface area contributed by atoms with Crippen molar-refractivity contribution in [1.82, 2.24) is 15.1 Å². The first kappa shape index (κ1) is 16.7. The zero-order chi connectivity index (χ0) is 16.9. The highest BCUT2D eigenvalue weighted by atomic mass is 16.1. The van der Waals surface area contributed by atoms with E-state index in [9.17, 15) is 4.79 Å². The summed E-state index contributed by atoms with van der Waals surface area (Å²) in [6, 6.07) is 9.87. The summed E-state index contributed by atoms with van der Waals surface area (Å²) >= 11 is 0. The van der Waals surface area contributed by atoms with E-state index in [0.717, 1.165) is 42.3 Å². The number of hydrogen-bond acceptors (Lipinski definition) is 3. The average molecular weight is 326 g/mol. The maximum Gasteiger partial charge on any atom is 0.224 e. The molecule has 0 spiro atoms. The quantitative estimate of drug-likeness (QED) is 0.887. The molecule has 0 aliphatic carbocycles. The van der Waals surface area contributed by atoms with Crippen LogP contribution in [0.15, 0.2) is 30.3 Å². The SMILES string of the molecule is Cc1cc(C)n(-c2ccccc2NC(=O)CCC2CCNCC2)n1. The van der Waals surface area contributed by atoms with Gasteiger partial charge in [-0.15, -0.1) is 0 Å². The molecule has 0 unspecified atom stereocenters. The fraction of sp³-hybridized carbons (Fsp3) is 0.474. The molecule has 0 bridgehead atoms. The Morgan fingerprint density at radius 1 is 1.29 bits per heavy atom. The van der Waals surface area contributed by atoms with E-state index in [4.69, 9.17) is 0 Å². The number of para-hydroxylation sites is 2. The number of aryl methyl sites for hydroxylation is 2. The first-order valence-electron chi connectivity index (χ1n) is 8.77. The Kier molecular flexibility index (Phi) is 5.30. The van der Waals surface area contributed by atoms with Gasteiger partial charge in [0.05, 0.1) is 17.1 Å². The van der Waals surface area contributed by atoms with Gasteiger partial charge in [-0.2, -0.15) is 5.10 Å². The van der Waals surface area contributed by atoms with Gasteiger partial charge in [0.2, 0.25) is 5.91 Å². The molecule has 128 valence electrons. The summed E-state index contributed by atoms with van der Waals surface area (Å²) in [6.07, 6.45) is 3.90. The minimum absolute atomic E-state index is 0.0857. The van der Waals surface area contributed by atoms with Crippen LogP contribution in [0.2, 0.25) is 0 Å². The molecule has 24 heavy (non-hydrogen) atoms. The summed E-state index contributed by atoms with van der Waals surface area (Å²) in [4.78, 5) is 12.4. The molecule has 1 aromatic heterocycles. The normalized spacial score (nSPS) is 15.4. The molecule has 1 amide bonds. The van der Waals surface area contributed by atoms with Crippen LogP contribution in [-0.2, 0) is 4.79 Å². The number of carbonyl (C=O) groups excluding carboxylic acids is 1. The lowest BCUT2D eigenvalue weighted by atomic mass is 9.93. The standard InChI is InChI=1S/C19H26N4O/c1-14-13-15(2)23(22-14)18-6-4-3-5-17(18)21-19(24)8-7-16-9-11-20-12-10-16/h3-6,13,16,20H,7-12H2,1-2H3,(H,21,24). The molecule has 1 fully saturated rings. The maximum atomic E-state index is 12.4. The Hall–Kier alpha value is -2.14. The Labute approximate surface area is 143 Å². The Morgan fingerprint density at radius 2 is 2.04 bits per heavy atom. The summed E-state index contributed by atoms with van der Waals surface area (Å²) in [5, 5.41) is 11.0. The third-order valence-corrected chi connectivity index (χ3v) is 4.65. The summed E-state index contributed by atoms with van der Waals surface area (Å²) < 4.78 is 1.89. The zero-order valence-electron chi connectivity index (χ0n) is 14.5. The minimum atomic E-state index is 0.0857. The van der Waals surface area contributed by atoms with E-state index in [1.807, 2.05) is 48.9 Å². The van der Waals surface area contributed by atoms with Crippen molar-refractivity contribution in [2.45, 2.75) is 39.5 Å². The molecule has 1 aromatic carbocycles. The van der Waals surface area contributed by atoms with Crippen LogP contribution in [-0.4, -0.2) is 28.8 Å². The fourth-order valence-electron chi connectivity index (χ4n) is 3.36. The number of nitrogens with zero attached hydrogens (tertiary/aromatic N) is 2. The van der Waals surface area contributed by atoms with Crippen LogP contribution in [0.3, 0.4) is 0 Å². The van der Waals surface area contributed by atoms with Gasteiger partial charge in [0.1, 0.15) is 0 Å². The summed E-state index contributed by atoms with van der Waals surface area (Å²) in [7, 11) is 0. The second-order valence-corrected chi connectivity index (χ2v) is 6.64. The number of amides is 1. The van der Waals surface area contributed by atoms with Gasteiger partial charge >= 0.3 is 0 Å². The average Bonchev–Trinajstić information content (AvgIpc) is 2.93. The molecule has 0 atom stereocenters. The molecule has 2 heterocycles. The Bertz CT molecular complexity index is 701. The molecule has 1 aliphatic rings. The molecular formula is C19H26N4O. The molecule has 2 aromatic rings. The van der Waals surface area contributed by atoms with Gasteiger partial charge in [0.15, 0.2) is 0 Å². The monoisotopic (exact) mass is 326 g/mol. The number of anilines is 1. The van der Waals surface area contributed by atoms with Crippen molar-refractivity contribution in [3.8, 4) is 5.69 Å². The Balaban J connectivity index is 1.66. The van der Waals surface area contributed by atoms with Crippen LogP contribution in [0.1, 0.15) is 37.1 Å². The predicted octanol–water partition coefficient (Wildman–Crippen LogP) is 3.21. The Morgan fingerprint density at radius 3 is 2.75 bits per heavy atom. The lowest BCUT2D eigenvalue weighted by Gasteiger charge is -2.22. The second-order valence-electron chi connectivity index (χ2n) is 6.64. The van der Waals surface area contributed by atoms with Crippen molar-refractivity contribution < 1.29 is 4.79 Å². The molecule has 0 radical (unpaired) electrons. The lowest BCUT2D eigenvalue weighted by Crippen LogP contribution is -2.28. The van der Waals surface area contributed by atoms with E-state index in [-0.39, 0.29) is 5.91 Å². The van der Waals surface area contributed by atoms with E-state index in [1.165, 1.54) is 12.8 Å². The highest BCUT2D eigenvalue weighted by molar-refractivity contribution is 5.92. The van der Waals surface area contributed by atoms with Crippen molar-refractivity contribution in [2.75, 3.05) is 18.4 Å². The van der Waals surface area contributed by atoms with Crippen LogP contribution < -0.4 is 10.6 Å². The van der Waals surface area contributed by atoms with Gasteiger partial charge in [-0.05, 0) is 70.3 Å². The summed E-state index contributed by atoms with van der Waals surface area (Å²) in [5.74, 6) is 0.755. The van der Waals surface area contributed by atoms with Gasteiger partial charge in [0.25, 0.3) is 0 Å². The van der Waals surface area contributed by atoms with Gasteiger partial charge in [-0.25, -0.2) is 4.68 Å². The molecule has 5 heteroatoms. The smallest absolute Gasteiger partial charge is 0.224 e. The minimum Gasteiger partial charge on any atom is -0.324 e. The van der Waals surface area contributed by atoms with Crippen molar-refractivity contribution in [3.63, 3.8) is 0 Å². The van der Waals surface area contributed by atoms with Crippen molar-refractivity contribution in [2.24, 2.45) is 5.92 Å². The van der Waals surface area contributed by atoms with E-state index in [2.05, 4.69) is 15.7 Å². The van der Waals surface area contributed by atoms with Crippen LogP contribution in [0, 0.1) is 19.8 Å². The predicted molar refractivity (Wildman–Crippen MR) is 96.5 cm³/mol. The van der Waals surface area contributed by atoms with Gasteiger partial charge in [-0.3, -0.25) is 4.79 Å². The molecule has 0 saturated carbocycles. The highest BCUT2D eigenvalue weighted by Gasteiger charge is 2.16. The van der Waals surface area contributed by atoms with Crippen molar-refractivity contribution in [3.05, 3.63) is 41.7 Å². The van der Waals surface area contributed by atoms with E-state index >= 15 is 0 Å². The first-order valence-corrected chi connectivity index (χ1v) is 8.77. The van der Waals surface area contributed by atoms with Crippen LogP contribution in [0.4, 0.5) is 5.69 Å². The van der Waals surface area contributed by atoms with E-state index < -0.39 is 0 Å². The molecule has 2 N–H and O–H groups in total. The van der Waals surface area contributed by atoms with E-state index in [1.54, 1.807) is 0 Å². The van der Waals surface area contributed by atoms with Gasteiger partial charge < -0.3 is 10.6 Å². The zero-order valence-corrected chi connectivity index (χ0v) is 14.5. The highest BCUT2D eigenvalue weighted by Crippen LogP contribution is 2.23. The molecule has 1 aliphatic heterocycles. The van der Waals surface area contributed by atoms with Gasteiger partial charge in [-0.1, -0.05) is 12.1 Å². The first-order chi connectivity index (χ1) is 11.6. The van der Waals surface area contributed by atoms with Crippen molar-refractivity contribution >= 4 is 11.6 Å². The number of aromatic nitrogens is 2. The largest absolute Gasteiger partial charge is 0.324 e. The fourth-order valence-corrected chi connectivity index (χ4v) is 3.36. The van der Waals surface area contributed by atoms with Crippen LogP contribution in [0.25, 0.3) is 5.69 Å². The van der Waals surface area contributed by atoms with Crippen molar-refractivity contribution in [1.29, 1.82) is 0 Å². The molecule has 1 saturated heterocycles. The molecule has 3 rings (SSSR count). The third-order valence-electron chi connectivity index (χ3n) is 4.65. The number of piperidine rings is 1. The summed E-state index contributed by atoms with van der Waals surface area (Å²) in [5.41, 5.74) is 3.76. The third kappa shape index (κ3) is 4.03. The van der Waals surface area contributed by atoms with E-state index in [0.29, 0.717) is 12.3 Å². The van der Waals surface area contributed by atoms with Gasteiger partial charge in [0, 0.05) is 12.1 Å². The van der Waals surface area contributed by atoms with Crippen LogP contribution in [0.5, 0.6) is 0 Å². The number of rotatable bonds is 5. The number of hydrogen-bond donors (Lipinski definition) is 2. The summed E-state index contributed by atoms with van der Waals surface area (Å²) in [6.45, 7) is 6.15. The number of nitrogens with one attached hydrogen (secondary N) is 2. The molecular weight excluding hydrogens is 300 g/mol. The molecule has 5 nitrogen and oxygen atoms in total. The number of carbonyl (C=O) groups is 1. The number of benzene rings is 1. The maximum absolute atomic E-state index is 12.4.